The minimum Gasteiger partial charge on any atom is -0.504 e. The number of benzene rings is 2. The molecule has 2 aromatic rings. The summed E-state index contributed by atoms with van der Waals surface area (Å²) in [6.07, 6.45) is 0.984. The van der Waals surface area contributed by atoms with Gasteiger partial charge in [-0.15, -0.1) is 0 Å². The van der Waals surface area contributed by atoms with Gasteiger partial charge in [0, 0.05) is 19.6 Å². The maximum atomic E-state index is 9.57. The lowest BCUT2D eigenvalue weighted by Gasteiger charge is -2.26. The first kappa shape index (κ1) is 13.2. The van der Waals surface area contributed by atoms with Crippen molar-refractivity contribution in [2.45, 2.75) is 6.42 Å². The smallest absolute Gasteiger partial charge is 0.158 e. The summed E-state index contributed by atoms with van der Waals surface area (Å²) in [6, 6.07) is 9.36. The highest BCUT2D eigenvalue weighted by Gasteiger charge is 2.10. The average Bonchev–Trinajstić information content (AvgIpc) is 2.47. The number of ether oxygens (including phenoxy) is 1. The average molecular weight is 273 g/mol. The van der Waals surface area contributed by atoms with Crippen LogP contribution in [0.25, 0.3) is 10.8 Å². The molecule has 1 aliphatic heterocycles. The van der Waals surface area contributed by atoms with Gasteiger partial charge in [0.25, 0.3) is 0 Å². The Morgan fingerprint density at radius 2 is 1.65 bits per heavy atom. The molecule has 2 N–H and O–H groups in total. The first-order chi connectivity index (χ1) is 9.72. The summed E-state index contributed by atoms with van der Waals surface area (Å²) in [5, 5.41) is 21.0. The van der Waals surface area contributed by atoms with Gasteiger partial charge in [-0.25, -0.2) is 0 Å². The van der Waals surface area contributed by atoms with Crippen LogP contribution in [0.5, 0.6) is 11.5 Å². The number of aromatic hydroxyl groups is 2. The Labute approximate surface area is 118 Å². The number of hydrogen-bond donors (Lipinski definition) is 2. The second-order valence-electron chi connectivity index (χ2n) is 5.23. The van der Waals surface area contributed by atoms with E-state index in [-0.39, 0.29) is 11.5 Å². The van der Waals surface area contributed by atoms with E-state index in [0.29, 0.717) is 0 Å². The number of fused-ring (bicyclic) bond motifs is 1. The summed E-state index contributed by atoms with van der Waals surface area (Å²) in [4.78, 5) is 2.40. The molecule has 0 unspecified atom stereocenters. The van der Waals surface area contributed by atoms with Crippen molar-refractivity contribution in [3.05, 3.63) is 35.9 Å². The lowest BCUT2D eigenvalue weighted by atomic mass is 10.0. The molecule has 1 aliphatic rings. The van der Waals surface area contributed by atoms with E-state index in [1.54, 1.807) is 12.1 Å². The number of phenols is 2. The van der Waals surface area contributed by atoms with Gasteiger partial charge in [-0.2, -0.15) is 0 Å². The zero-order valence-corrected chi connectivity index (χ0v) is 11.4. The predicted molar refractivity (Wildman–Crippen MR) is 78.2 cm³/mol. The Kier molecular flexibility index (Phi) is 3.76. The van der Waals surface area contributed by atoms with Crippen molar-refractivity contribution in [1.29, 1.82) is 0 Å². The summed E-state index contributed by atoms with van der Waals surface area (Å²) in [7, 11) is 0. The normalized spacial score (nSPS) is 16.6. The zero-order valence-electron chi connectivity index (χ0n) is 11.4. The molecule has 0 aliphatic carbocycles. The predicted octanol–water partition coefficient (Wildman–Crippen LogP) is 2.13. The SMILES string of the molecule is Oc1cc2ccc(CCN3CCOCC3)cc2cc1O. The van der Waals surface area contributed by atoms with Gasteiger partial charge in [-0.3, -0.25) is 4.90 Å². The van der Waals surface area contributed by atoms with Crippen molar-refractivity contribution in [2.24, 2.45) is 0 Å². The van der Waals surface area contributed by atoms with E-state index >= 15 is 0 Å². The molecule has 1 saturated heterocycles. The molecule has 0 saturated carbocycles. The Morgan fingerprint density at radius 3 is 2.40 bits per heavy atom. The van der Waals surface area contributed by atoms with Crippen LogP contribution in [0.4, 0.5) is 0 Å². The van der Waals surface area contributed by atoms with Crippen molar-refractivity contribution >= 4 is 10.8 Å². The molecule has 1 fully saturated rings. The lowest BCUT2D eigenvalue weighted by molar-refractivity contribution is 0.0384. The minimum atomic E-state index is -0.0708. The third-order valence-electron chi connectivity index (χ3n) is 3.82. The minimum absolute atomic E-state index is 0.0668. The first-order valence-electron chi connectivity index (χ1n) is 6.97. The highest BCUT2D eigenvalue weighted by Crippen LogP contribution is 2.30. The molecule has 2 aromatic carbocycles. The molecule has 0 atom stereocenters. The molecule has 3 rings (SSSR count). The fourth-order valence-electron chi connectivity index (χ4n) is 2.59. The maximum absolute atomic E-state index is 9.57. The van der Waals surface area contributed by atoms with E-state index in [1.807, 2.05) is 6.07 Å². The van der Waals surface area contributed by atoms with Crippen molar-refractivity contribution in [2.75, 3.05) is 32.8 Å². The summed E-state index contributed by atoms with van der Waals surface area (Å²) >= 11 is 0. The molecule has 20 heavy (non-hydrogen) atoms. The van der Waals surface area contributed by atoms with Crippen LogP contribution < -0.4 is 0 Å². The molecule has 4 heteroatoms. The number of rotatable bonds is 3. The van der Waals surface area contributed by atoms with E-state index in [9.17, 15) is 10.2 Å². The molecule has 0 spiro atoms. The van der Waals surface area contributed by atoms with Crippen LogP contribution in [0, 0.1) is 0 Å². The van der Waals surface area contributed by atoms with Crippen LogP contribution in [0.1, 0.15) is 5.56 Å². The Hall–Kier alpha value is -1.78. The van der Waals surface area contributed by atoms with Gasteiger partial charge in [0.1, 0.15) is 0 Å². The Bertz CT molecular complexity index is 606. The molecule has 0 amide bonds. The number of phenolic OH excluding ortho intramolecular Hbond substituents is 2. The summed E-state index contributed by atoms with van der Waals surface area (Å²) in [5.41, 5.74) is 1.24. The van der Waals surface area contributed by atoms with Gasteiger partial charge < -0.3 is 14.9 Å². The van der Waals surface area contributed by atoms with E-state index in [0.717, 1.165) is 50.0 Å². The van der Waals surface area contributed by atoms with E-state index in [1.165, 1.54) is 5.56 Å². The van der Waals surface area contributed by atoms with E-state index in [2.05, 4.69) is 17.0 Å². The summed E-state index contributed by atoms with van der Waals surface area (Å²) in [6.45, 7) is 4.68. The van der Waals surface area contributed by atoms with Gasteiger partial charge in [-0.1, -0.05) is 18.2 Å². The fourth-order valence-corrected chi connectivity index (χ4v) is 2.59. The molecular formula is C16H19NO3. The monoisotopic (exact) mass is 273 g/mol. The first-order valence-corrected chi connectivity index (χ1v) is 6.97. The zero-order chi connectivity index (χ0) is 13.9. The lowest BCUT2D eigenvalue weighted by Crippen LogP contribution is -2.37. The van der Waals surface area contributed by atoms with Crippen molar-refractivity contribution < 1.29 is 14.9 Å². The van der Waals surface area contributed by atoms with Crippen LogP contribution in [0.15, 0.2) is 30.3 Å². The molecule has 0 radical (unpaired) electrons. The van der Waals surface area contributed by atoms with Crippen LogP contribution in [0.3, 0.4) is 0 Å². The van der Waals surface area contributed by atoms with Crippen LogP contribution in [-0.2, 0) is 11.2 Å². The third kappa shape index (κ3) is 2.86. The Balaban J connectivity index is 1.73. The topological polar surface area (TPSA) is 52.9 Å². The third-order valence-corrected chi connectivity index (χ3v) is 3.82. The highest BCUT2D eigenvalue weighted by atomic mass is 16.5. The maximum Gasteiger partial charge on any atom is 0.158 e. The van der Waals surface area contributed by atoms with Crippen molar-refractivity contribution in [1.82, 2.24) is 4.90 Å². The summed E-state index contributed by atoms with van der Waals surface area (Å²) < 4.78 is 5.34. The number of hydrogen-bond acceptors (Lipinski definition) is 4. The molecular weight excluding hydrogens is 254 g/mol. The largest absolute Gasteiger partial charge is 0.504 e. The molecule has 0 bridgehead atoms. The van der Waals surface area contributed by atoms with Crippen LogP contribution in [-0.4, -0.2) is 48.0 Å². The van der Waals surface area contributed by atoms with Crippen LogP contribution in [0.2, 0.25) is 0 Å². The second kappa shape index (κ2) is 5.69. The quantitative estimate of drug-likeness (QED) is 0.841. The number of nitrogens with zero attached hydrogens (tertiary/aromatic N) is 1. The van der Waals surface area contributed by atoms with Gasteiger partial charge in [0.2, 0.25) is 0 Å². The molecule has 4 nitrogen and oxygen atoms in total. The van der Waals surface area contributed by atoms with Crippen LogP contribution >= 0.6 is 0 Å². The fraction of sp³-hybridized carbons (Fsp3) is 0.375. The van der Waals surface area contributed by atoms with E-state index in [4.69, 9.17) is 4.74 Å². The van der Waals surface area contributed by atoms with Gasteiger partial charge in [0.05, 0.1) is 13.2 Å². The summed E-state index contributed by atoms with van der Waals surface area (Å²) in [5.74, 6) is -0.138. The van der Waals surface area contributed by atoms with E-state index < -0.39 is 0 Å². The molecule has 1 heterocycles. The second-order valence-corrected chi connectivity index (χ2v) is 5.23. The van der Waals surface area contributed by atoms with Gasteiger partial charge in [0.15, 0.2) is 11.5 Å². The standard InChI is InChI=1S/C16H19NO3/c18-15-10-13-2-1-12(9-14(13)11-16(15)19)3-4-17-5-7-20-8-6-17/h1-2,9-11,18-19H,3-8H2. The Morgan fingerprint density at radius 1 is 0.950 bits per heavy atom. The van der Waals surface area contributed by atoms with Crippen molar-refractivity contribution in [3.8, 4) is 11.5 Å². The number of morpholine rings is 1. The highest BCUT2D eigenvalue weighted by molar-refractivity contribution is 5.86. The molecule has 106 valence electrons. The van der Waals surface area contributed by atoms with Gasteiger partial charge >= 0.3 is 0 Å². The molecule has 0 aromatic heterocycles. The van der Waals surface area contributed by atoms with Gasteiger partial charge in [-0.05, 0) is 34.9 Å². The van der Waals surface area contributed by atoms with Crippen molar-refractivity contribution in [3.63, 3.8) is 0 Å².